The molecule has 1 aromatic heterocycles. The normalized spacial score (nSPS) is 14.3. The number of hydrogen-bond acceptors (Lipinski definition) is 4. The van der Waals surface area contributed by atoms with Crippen LogP contribution in [0.25, 0.3) is 0 Å². The molecule has 1 aliphatic rings. The second-order valence-electron chi connectivity index (χ2n) is 9.58. The third-order valence-corrected chi connectivity index (χ3v) is 7.40. The molecule has 2 heterocycles. The standard InChI is InChI=1S/C28H37Cl2N5O2/c1-2-3-4-5-6-7-8-9-10-11-17-35-18-15-21(16-19-35)32-28(37)26-24(20-31-34-26)33-27(36)25-22(29)13-12-14-23(25)30/h1,12-14,20-21H,3-11,15-19H2,(H,31,34)(H,32,37)(H,33,36). The summed E-state index contributed by atoms with van der Waals surface area (Å²) in [6.07, 6.45) is 19.5. The van der Waals surface area contributed by atoms with Crippen LogP contribution in [-0.4, -0.2) is 52.6 Å². The predicted molar refractivity (Wildman–Crippen MR) is 150 cm³/mol. The molecule has 2 aromatic rings. The molecule has 1 aromatic carbocycles. The molecule has 3 N–H and O–H groups in total. The van der Waals surface area contributed by atoms with Crippen molar-refractivity contribution >= 4 is 40.7 Å². The van der Waals surface area contributed by atoms with Gasteiger partial charge in [0.25, 0.3) is 11.8 Å². The molecule has 0 spiro atoms. The van der Waals surface area contributed by atoms with E-state index in [0.29, 0.717) is 0 Å². The van der Waals surface area contributed by atoms with E-state index in [0.717, 1.165) is 45.3 Å². The van der Waals surface area contributed by atoms with Gasteiger partial charge in [-0.05, 0) is 44.4 Å². The molecule has 3 rings (SSSR count). The van der Waals surface area contributed by atoms with Crippen LogP contribution >= 0.6 is 23.2 Å². The number of aromatic amines is 1. The Hall–Kier alpha value is -2.53. The molecule has 0 saturated carbocycles. The lowest BCUT2D eigenvalue weighted by molar-refractivity contribution is 0.0906. The number of aromatic nitrogens is 2. The quantitative estimate of drug-likeness (QED) is 0.191. The number of H-pyrrole nitrogens is 1. The second-order valence-corrected chi connectivity index (χ2v) is 10.4. The van der Waals surface area contributed by atoms with E-state index in [4.69, 9.17) is 29.6 Å². The molecule has 37 heavy (non-hydrogen) atoms. The van der Waals surface area contributed by atoms with Crippen molar-refractivity contribution in [2.45, 2.75) is 76.7 Å². The zero-order valence-corrected chi connectivity index (χ0v) is 22.8. The van der Waals surface area contributed by atoms with Crippen molar-refractivity contribution in [1.29, 1.82) is 0 Å². The SMILES string of the molecule is C#CCCCCCCCCCCN1CCC(NC(=O)c2[nH]ncc2NC(=O)c2c(Cl)cccc2Cl)CC1. The maximum atomic E-state index is 12.9. The molecule has 200 valence electrons. The lowest BCUT2D eigenvalue weighted by atomic mass is 10.0. The summed E-state index contributed by atoms with van der Waals surface area (Å²) in [7, 11) is 0. The summed E-state index contributed by atoms with van der Waals surface area (Å²) in [6.45, 7) is 3.06. The van der Waals surface area contributed by atoms with Crippen LogP contribution in [0, 0.1) is 12.3 Å². The van der Waals surface area contributed by atoms with E-state index in [1.165, 1.54) is 51.1 Å². The minimum absolute atomic E-state index is 0.0862. The van der Waals surface area contributed by atoms with Crippen molar-refractivity contribution < 1.29 is 9.59 Å². The Morgan fingerprint density at radius 2 is 1.62 bits per heavy atom. The van der Waals surface area contributed by atoms with Crippen molar-refractivity contribution in [1.82, 2.24) is 20.4 Å². The van der Waals surface area contributed by atoms with Gasteiger partial charge < -0.3 is 15.5 Å². The number of terminal acetylenes is 1. The van der Waals surface area contributed by atoms with Crippen molar-refractivity contribution in [3.8, 4) is 12.3 Å². The third-order valence-electron chi connectivity index (χ3n) is 6.77. The summed E-state index contributed by atoms with van der Waals surface area (Å²) in [6, 6.07) is 4.92. The van der Waals surface area contributed by atoms with Crippen LogP contribution in [0.2, 0.25) is 10.0 Å². The lowest BCUT2D eigenvalue weighted by Crippen LogP contribution is -2.45. The number of hydrogen-bond donors (Lipinski definition) is 3. The van der Waals surface area contributed by atoms with Gasteiger partial charge in [-0.15, -0.1) is 12.3 Å². The lowest BCUT2D eigenvalue weighted by Gasteiger charge is -2.32. The first-order valence-electron chi connectivity index (χ1n) is 13.2. The Morgan fingerprint density at radius 3 is 2.27 bits per heavy atom. The number of amides is 2. The Bertz CT molecular complexity index is 1040. The first-order chi connectivity index (χ1) is 18.0. The third kappa shape index (κ3) is 9.37. The number of carbonyl (C=O) groups excluding carboxylic acids is 2. The Kier molecular flexibility index (Phi) is 12.3. The van der Waals surface area contributed by atoms with Gasteiger partial charge in [0.1, 0.15) is 5.69 Å². The molecule has 0 radical (unpaired) electrons. The molecular weight excluding hydrogens is 509 g/mol. The van der Waals surface area contributed by atoms with Crippen LogP contribution in [0.5, 0.6) is 0 Å². The Morgan fingerprint density at radius 1 is 1.00 bits per heavy atom. The zero-order chi connectivity index (χ0) is 26.5. The molecule has 0 aliphatic carbocycles. The maximum Gasteiger partial charge on any atom is 0.271 e. The number of benzene rings is 1. The van der Waals surface area contributed by atoms with Crippen molar-refractivity contribution in [3.05, 3.63) is 45.7 Å². The number of halogens is 2. The van der Waals surface area contributed by atoms with Crippen LogP contribution in [0.4, 0.5) is 5.69 Å². The van der Waals surface area contributed by atoms with Crippen molar-refractivity contribution in [3.63, 3.8) is 0 Å². The van der Waals surface area contributed by atoms with Crippen molar-refractivity contribution in [2.75, 3.05) is 25.0 Å². The minimum Gasteiger partial charge on any atom is -0.348 e. The maximum absolute atomic E-state index is 12.9. The first-order valence-corrected chi connectivity index (χ1v) is 14.0. The molecule has 1 saturated heterocycles. The second kappa shape index (κ2) is 15.7. The summed E-state index contributed by atoms with van der Waals surface area (Å²) in [5.74, 6) is 1.91. The number of nitrogens with one attached hydrogen (secondary N) is 3. The van der Waals surface area contributed by atoms with Gasteiger partial charge in [0, 0.05) is 25.6 Å². The number of piperidine rings is 1. The van der Waals surface area contributed by atoms with Crippen LogP contribution in [0.15, 0.2) is 24.4 Å². The fourth-order valence-electron chi connectivity index (χ4n) is 4.64. The van der Waals surface area contributed by atoms with E-state index >= 15 is 0 Å². The molecule has 1 aliphatic heterocycles. The summed E-state index contributed by atoms with van der Waals surface area (Å²) in [5, 5.41) is 12.9. The topological polar surface area (TPSA) is 90.1 Å². The van der Waals surface area contributed by atoms with Crippen LogP contribution in [0.3, 0.4) is 0 Å². The number of rotatable bonds is 14. The van der Waals surface area contributed by atoms with E-state index in [2.05, 4.69) is 31.7 Å². The predicted octanol–water partition coefficient (Wildman–Crippen LogP) is 6.31. The average Bonchev–Trinajstić information content (AvgIpc) is 3.34. The highest BCUT2D eigenvalue weighted by Crippen LogP contribution is 2.26. The Labute approximate surface area is 230 Å². The number of carbonyl (C=O) groups is 2. The van der Waals surface area contributed by atoms with E-state index in [9.17, 15) is 9.59 Å². The molecule has 9 heteroatoms. The Balaban J connectivity index is 1.34. The number of likely N-dealkylation sites (tertiary alicyclic amines) is 1. The van der Waals surface area contributed by atoms with Gasteiger partial charge in [-0.25, -0.2) is 0 Å². The van der Waals surface area contributed by atoms with E-state index in [1.807, 2.05) is 0 Å². The smallest absolute Gasteiger partial charge is 0.271 e. The molecule has 0 atom stereocenters. The molecule has 2 amide bonds. The van der Waals surface area contributed by atoms with Gasteiger partial charge in [0.15, 0.2) is 0 Å². The summed E-state index contributed by atoms with van der Waals surface area (Å²) < 4.78 is 0. The fourth-order valence-corrected chi connectivity index (χ4v) is 5.20. The number of unbranched alkanes of at least 4 members (excludes halogenated alkanes) is 8. The van der Waals surface area contributed by atoms with Gasteiger partial charge in [-0.1, -0.05) is 67.8 Å². The molecular formula is C28H37Cl2N5O2. The van der Waals surface area contributed by atoms with E-state index in [1.54, 1.807) is 18.2 Å². The fraction of sp³-hybridized carbons (Fsp3) is 0.536. The molecule has 7 nitrogen and oxygen atoms in total. The first kappa shape index (κ1) is 29.0. The van der Waals surface area contributed by atoms with Crippen LogP contribution in [-0.2, 0) is 0 Å². The van der Waals surface area contributed by atoms with E-state index < -0.39 is 5.91 Å². The van der Waals surface area contributed by atoms with Gasteiger partial charge in [0.05, 0.1) is 27.5 Å². The summed E-state index contributed by atoms with van der Waals surface area (Å²) in [4.78, 5) is 28.1. The van der Waals surface area contributed by atoms with Gasteiger partial charge in [0.2, 0.25) is 0 Å². The molecule has 0 bridgehead atoms. The van der Waals surface area contributed by atoms with Crippen molar-refractivity contribution in [2.24, 2.45) is 0 Å². The largest absolute Gasteiger partial charge is 0.348 e. The monoisotopic (exact) mass is 545 g/mol. The molecule has 1 fully saturated rings. The van der Waals surface area contributed by atoms with E-state index in [-0.39, 0.29) is 38.9 Å². The average molecular weight is 547 g/mol. The van der Waals surface area contributed by atoms with Crippen LogP contribution < -0.4 is 10.6 Å². The highest BCUT2D eigenvalue weighted by atomic mass is 35.5. The number of anilines is 1. The zero-order valence-electron chi connectivity index (χ0n) is 21.3. The van der Waals surface area contributed by atoms with Crippen LogP contribution in [0.1, 0.15) is 91.5 Å². The summed E-state index contributed by atoms with van der Waals surface area (Å²) in [5.41, 5.74) is 0.639. The number of nitrogens with zero attached hydrogens (tertiary/aromatic N) is 2. The van der Waals surface area contributed by atoms with Gasteiger partial charge >= 0.3 is 0 Å². The minimum atomic E-state index is -0.501. The van der Waals surface area contributed by atoms with Gasteiger partial charge in [-0.3, -0.25) is 14.7 Å². The highest BCUT2D eigenvalue weighted by Gasteiger charge is 2.24. The summed E-state index contributed by atoms with van der Waals surface area (Å²) >= 11 is 12.3. The highest BCUT2D eigenvalue weighted by molar-refractivity contribution is 6.40. The molecule has 0 unspecified atom stereocenters. The van der Waals surface area contributed by atoms with Gasteiger partial charge in [-0.2, -0.15) is 5.10 Å².